The SMILES string of the molecule is CCN1NC=CN=C1N.CS(=O)(=O)O. The fraction of sp³-hybridized carbons (Fsp3) is 0.500. The highest BCUT2D eigenvalue weighted by molar-refractivity contribution is 7.85. The van der Waals surface area contributed by atoms with Gasteiger partial charge in [0.1, 0.15) is 0 Å². The number of nitrogens with zero attached hydrogens (tertiary/aromatic N) is 2. The minimum atomic E-state index is -3.67. The maximum absolute atomic E-state index is 9.19. The molecule has 0 aromatic heterocycles. The lowest BCUT2D eigenvalue weighted by atomic mass is 10.6. The van der Waals surface area contributed by atoms with Gasteiger partial charge >= 0.3 is 0 Å². The van der Waals surface area contributed by atoms with E-state index >= 15 is 0 Å². The second kappa shape index (κ2) is 5.45. The molecule has 7 nitrogen and oxygen atoms in total. The zero-order valence-corrected chi connectivity index (χ0v) is 8.82. The van der Waals surface area contributed by atoms with E-state index in [0.29, 0.717) is 12.2 Å². The van der Waals surface area contributed by atoms with E-state index in [9.17, 15) is 8.42 Å². The first-order valence-corrected chi connectivity index (χ1v) is 5.64. The van der Waals surface area contributed by atoms with Crippen LogP contribution in [0.1, 0.15) is 6.92 Å². The van der Waals surface area contributed by atoms with Crippen molar-refractivity contribution in [1.29, 1.82) is 0 Å². The maximum atomic E-state index is 9.19. The summed E-state index contributed by atoms with van der Waals surface area (Å²) in [6, 6.07) is 0. The Bertz CT molecular complexity index is 314. The molecule has 8 heteroatoms. The van der Waals surface area contributed by atoms with Gasteiger partial charge in [0, 0.05) is 18.9 Å². The van der Waals surface area contributed by atoms with Crippen LogP contribution in [-0.4, -0.2) is 36.7 Å². The van der Waals surface area contributed by atoms with Gasteiger partial charge in [-0.1, -0.05) is 0 Å². The molecule has 0 saturated heterocycles. The molecule has 1 rings (SSSR count). The molecule has 4 N–H and O–H groups in total. The maximum Gasteiger partial charge on any atom is 0.261 e. The lowest BCUT2D eigenvalue weighted by Gasteiger charge is -2.22. The second-order valence-corrected chi connectivity index (χ2v) is 3.88. The Morgan fingerprint density at radius 2 is 2.21 bits per heavy atom. The van der Waals surface area contributed by atoms with E-state index in [1.807, 2.05) is 6.92 Å². The van der Waals surface area contributed by atoms with Gasteiger partial charge in [-0.25, -0.2) is 4.99 Å². The number of hydrogen-bond acceptors (Lipinski definition) is 6. The molecule has 82 valence electrons. The third-order valence-corrected chi connectivity index (χ3v) is 1.10. The number of aliphatic imine (C=N–C) groups is 1. The van der Waals surface area contributed by atoms with Crippen LogP contribution in [0.25, 0.3) is 0 Å². The van der Waals surface area contributed by atoms with E-state index in [4.69, 9.17) is 10.3 Å². The Kier molecular flexibility index (Phi) is 4.95. The van der Waals surface area contributed by atoms with E-state index < -0.39 is 10.1 Å². The van der Waals surface area contributed by atoms with Crippen molar-refractivity contribution in [1.82, 2.24) is 10.4 Å². The first kappa shape index (κ1) is 12.7. The van der Waals surface area contributed by atoms with E-state index in [-0.39, 0.29) is 0 Å². The lowest BCUT2D eigenvalue weighted by Crippen LogP contribution is -2.45. The van der Waals surface area contributed by atoms with Crippen LogP contribution in [0, 0.1) is 0 Å². The van der Waals surface area contributed by atoms with Crippen LogP contribution in [0.3, 0.4) is 0 Å². The molecule has 0 amide bonds. The van der Waals surface area contributed by atoms with Crippen molar-refractivity contribution in [3.8, 4) is 0 Å². The minimum absolute atomic E-state index is 0.514. The molecule has 0 bridgehead atoms. The molecule has 1 aliphatic heterocycles. The van der Waals surface area contributed by atoms with Gasteiger partial charge in [-0.15, -0.1) is 0 Å². The number of nitrogens with two attached hydrogens (primary N) is 1. The number of nitrogens with one attached hydrogen (secondary N) is 1. The molecule has 1 aliphatic rings. The van der Waals surface area contributed by atoms with E-state index in [1.54, 1.807) is 17.4 Å². The van der Waals surface area contributed by atoms with Crippen molar-refractivity contribution in [3.05, 3.63) is 12.4 Å². The molecule has 1 heterocycles. The van der Waals surface area contributed by atoms with Crippen LogP contribution < -0.4 is 11.2 Å². The summed E-state index contributed by atoms with van der Waals surface area (Å²) in [4.78, 5) is 3.86. The predicted octanol–water partition coefficient (Wildman–Crippen LogP) is -0.884. The van der Waals surface area contributed by atoms with Crippen molar-refractivity contribution in [2.45, 2.75) is 6.92 Å². The first-order valence-electron chi connectivity index (χ1n) is 3.79. The minimum Gasteiger partial charge on any atom is -0.368 e. The molecule has 0 saturated carbocycles. The van der Waals surface area contributed by atoms with Gasteiger partial charge in [0.25, 0.3) is 10.1 Å². The molecular formula is C6H14N4O3S. The van der Waals surface area contributed by atoms with Gasteiger partial charge in [-0.3, -0.25) is 9.56 Å². The van der Waals surface area contributed by atoms with Crippen molar-refractivity contribution in [3.63, 3.8) is 0 Å². The summed E-state index contributed by atoms with van der Waals surface area (Å²) in [6.07, 6.45) is 4.08. The van der Waals surface area contributed by atoms with Crippen molar-refractivity contribution in [2.75, 3.05) is 12.8 Å². The van der Waals surface area contributed by atoms with Crippen LogP contribution in [0.5, 0.6) is 0 Å². The second-order valence-electron chi connectivity index (χ2n) is 2.41. The Morgan fingerprint density at radius 3 is 2.50 bits per heavy atom. The van der Waals surface area contributed by atoms with Crippen LogP contribution in [0.15, 0.2) is 17.4 Å². The van der Waals surface area contributed by atoms with Gasteiger partial charge in [0.2, 0.25) is 5.96 Å². The molecule has 0 aromatic rings. The van der Waals surface area contributed by atoms with Crippen LogP contribution in [0.2, 0.25) is 0 Å². The molecular weight excluding hydrogens is 208 g/mol. The van der Waals surface area contributed by atoms with E-state index in [2.05, 4.69) is 10.4 Å². The van der Waals surface area contributed by atoms with Gasteiger partial charge in [0.05, 0.1) is 6.26 Å². The van der Waals surface area contributed by atoms with Crippen LogP contribution in [0.4, 0.5) is 0 Å². The molecule has 0 aromatic carbocycles. The summed E-state index contributed by atoms with van der Waals surface area (Å²) in [5, 5.41) is 1.75. The zero-order valence-electron chi connectivity index (χ0n) is 8.01. The van der Waals surface area contributed by atoms with Crippen molar-refractivity contribution in [2.24, 2.45) is 10.7 Å². The Hall–Kier alpha value is -1.28. The van der Waals surface area contributed by atoms with E-state index in [0.717, 1.165) is 6.54 Å². The summed E-state index contributed by atoms with van der Waals surface area (Å²) in [5.74, 6) is 0.514. The van der Waals surface area contributed by atoms with Gasteiger partial charge < -0.3 is 11.2 Å². The monoisotopic (exact) mass is 222 g/mol. The molecule has 0 aliphatic carbocycles. The molecule has 14 heavy (non-hydrogen) atoms. The van der Waals surface area contributed by atoms with Gasteiger partial charge in [-0.05, 0) is 6.92 Å². The Labute approximate surface area is 83.0 Å². The topological polar surface area (TPSA) is 108 Å². The van der Waals surface area contributed by atoms with Gasteiger partial charge in [0.15, 0.2) is 0 Å². The summed E-state index contributed by atoms with van der Waals surface area (Å²) in [7, 11) is -3.67. The predicted molar refractivity (Wildman–Crippen MR) is 53.8 cm³/mol. The largest absolute Gasteiger partial charge is 0.368 e. The van der Waals surface area contributed by atoms with E-state index in [1.165, 1.54) is 0 Å². The average Bonchev–Trinajstić information content (AvgIpc) is 2.02. The quantitative estimate of drug-likeness (QED) is 0.497. The highest BCUT2D eigenvalue weighted by atomic mass is 32.2. The molecule has 0 spiro atoms. The fourth-order valence-electron chi connectivity index (χ4n) is 0.626. The molecule has 0 radical (unpaired) electrons. The molecule has 0 unspecified atom stereocenters. The highest BCUT2D eigenvalue weighted by Crippen LogP contribution is 1.88. The van der Waals surface area contributed by atoms with Crippen LogP contribution >= 0.6 is 0 Å². The van der Waals surface area contributed by atoms with Crippen molar-refractivity contribution < 1.29 is 13.0 Å². The van der Waals surface area contributed by atoms with Crippen LogP contribution in [-0.2, 0) is 10.1 Å². The highest BCUT2D eigenvalue weighted by Gasteiger charge is 2.02. The average molecular weight is 222 g/mol. The third kappa shape index (κ3) is 7.37. The summed E-state index contributed by atoms with van der Waals surface area (Å²) in [6.45, 7) is 2.81. The number of hydrogen-bond donors (Lipinski definition) is 3. The summed E-state index contributed by atoms with van der Waals surface area (Å²) in [5.41, 5.74) is 8.37. The summed E-state index contributed by atoms with van der Waals surface area (Å²) < 4.78 is 25.9. The van der Waals surface area contributed by atoms with Crippen molar-refractivity contribution >= 4 is 16.1 Å². The fourth-order valence-corrected chi connectivity index (χ4v) is 0.626. The standard InChI is InChI=1S/C5H10N4.CH4O3S/c1-2-9-5(6)7-3-4-8-9;1-5(2,3)4/h3-4,8H,2H2,1H3,(H2,6,7);1H3,(H,2,3,4). The molecule has 0 atom stereocenters. The third-order valence-electron chi connectivity index (χ3n) is 1.10. The number of rotatable bonds is 1. The molecule has 0 fully saturated rings. The Balaban J connectivity index is 0.000000292. The zero-order chi connectivity index (χ0) is 11.2. The number of hydrazine groups is 1. The summed E-state index contributed by atoms with van der Waals surface area (Å²) >= 11 is 0. The Morgan fingerprint density at radius 1 is 1.71 bits per heavy atom. The normalized spacial score (nSPS) is 15.1. The lowest BCUT2D eigenvalue weighted by molar-refractivity contribution is 0.366. The number of guanidine groups is 1. The van der Waals surface area contributed by atoms with Gasteiger partial charge in [-0.2, -0.15) is 8.42 Å². The smallest absolute Gasteiger partial charge is 0.261 e. The first-order chi connectivity index (χ1) is 6.34.